The van der Waals surface area contributed by atoms with Gasteiger partial charge in [-0.15, -0.1) is 0 Å². The third-order valence-electron chi connectivity index (χ3n) is 3.54. The van der Waals surface area contributed by atoms with Crippen molar-refractivity contribution in [1.82, 2.24) is 5.32 Å². The number of amides is 3. The molecule has 0 spiro atoms. The summed E-state index contributed by atoms with van der Waals surface area (Å²) in [6.07, 6.45) is 1.27. The number of nitrogens with one attached hydrogen (secondary N) is 3. The molecule has 0 aliphatic rings. The van der Waals surface area contributed by atoms with E-state index in [9.17, 15) is 14.4 Å². The van der Waals surface area contributed by atoms with E-state index in [1.54, 1.807) is 32.0 Å². The van der Waals surface area contributed by atoms with E-state index in [2.05, 4.69) is 16.0 Å². The fourth-order valence-corrected chi connectivity index (χ4v) is 2.16. The molecule has 0 aliphatic heterocycles. The van der Waals surface area contributed by atoms with Crippen molar-refractivity contribution in [2.24, 2.45) is 5.92 Å². The van der Waals surface area contributed by atoms with Crippen LogP contribution in [-0.2, 0) is 14.4 Å². The van der Waals surface area contributed by atoms with Crippen LogP contribution in [-0.4, -0.2) is 30.9 Å². The predicted octanol–water partition coefficient (Wildman–Crippen LogP) is 2.53. The van der Waals surface area contributed by atoms with Gasteiger partial charge in [-0.1, -0.05) is 27.2 Å². The number of hydrogen-bond acceptors (Lipinski definition) is 4. The van der Waals surface area contributed by atoms with Crippen LogP contribution in [0.25, 0.3) is 0 Å². The lowest BCUT2D eigenvalue weighted by Gasteiger charge is -2.19. The Morgan fingerprint density at radius 3 is 2.24 bits per heavy atom. The number of methoxy groups -OCH3 is 1. The number of ether oxygens (including phenoxy) is 1. The van der Waals surface area contributed by atoms with Crippen LogP contribution >= 0.6 is 0 Å². The molecule has 0 bridgehead atoms. The van der Waals surface area contributed by atoms with Crippen molar-refractivity contribution < 1.29 is 19.1 Å². The minimum atomic E-state index is -0.627. The highest BCUT2D eigenvalue weighted by molar-refractivity contribution is 6.02. The normalized spacial score (nSPS) is 11.6. The molecule has 0 aromatic heterocycles. The zero-order valence-electron chi connectivity index (χ0n) is 15.4. The Morgan fingerprint density at radius 2 is 1.72 bits per heavy atom. The minimum absolute atomic E-state index is 0.171. The van der Waals surface area contributed by atoms with Crippen LogP contribution < -0.4 is 20.7 Å². The van der Waals surface area contributed by atoms with Crippen molar-refractivity contribution in [3.05, 3.63) is 18.2 Å². The molecular weight excluding hydrogens is 322 g/mol. The Balaban J connectivity index is 3.03. The van der Waals surface area contributed by atoms with Crippen LogP contribution in [0.1, 0.15) is 40.5 Å². The lowest BCUT2D eigenvalue weighted by Crippen LogP contribution is -2.42. The molecule has 0 aliphatic carbocycles. The van der Waals surface area contributed by atoms with Crippen LogP contribution in [0.4, 0.5) is 11.4 Å². The summed E-state index contributed by atoms with van der Waals surface area (Å²) in [6, 6.07) is 4.36. The first kappa shape index (κ1) is 20.5. The Labute approximate surface area is 148 Å². The SMILES string of the molecule is CCCC(NC(C)=O)C(=O)Nc1ccc(OC)cc1NC(=O)C(C)C. The fourth-order valence-electron chi connectivity index (χ4n) is 2.16. The molecule has 0 fully saturated rings. The number of carbonyl (C=O) groups excluding carboxylic acids is 3. The van der Waals surface area contributed by atoms with Gasteiger partial charge in [-0.2, -0.15) is 0 Å². The van der Waals surface area contributed by atoms with Crippen LogP contribution in [0, 0.1) is 5.92 Å². The maximum Gasteiger partial charge on any atom is 0.247 e. The number of benzene rings is 1. The van der Waals surface area contributed by atoms with E-state index < -0.39 is 6.04 Å². The molecule has 0 radical (unpaired) electrons. The van der Waals surface area contributed by atoms with E-state index in [-0.39, 0.29) is 23.6 Å². The maximum absolute atomic E-state index is 12.5. The number of carbonyl (C=O) groups is 3. The fraction of sp³-hybridized carbons (Fsp3) is 0.500. The summed E-state index contributed by atoms with van der Waals surface area (Å²) >= 11 is 0. The summed E-state index contributed by atoms with van der Waals surface area (Å²) in [6.45, 7) is 6.87. The van der Waals surface area contributed by atoms with E-state index in [1.165, 1.54) is 14.0 Å². The first-order valence-corrected chi connectivity index (χ1v) is 8.35. The molecule has 7 heteroatoms. The van der Waals surface area contributed by atoms with Gasteiger partial charge in [0.05, 0.1) is 18.5 Å². The zero-order chi connectivity index (χ0) is 19.0. The highest BCUT2D eigenvalue weighted by Gasteiger charge is 2.20. The second-order valence-corrected chi connectivity index (χ2v) is 6.09. The van der Waals surface area contributed by atoms with Crippen LogP contribution in [0.3, 0.4) is 0 Å². The van der Waals surface area contributed by atoms with Gasteiger partial charge in [0.2, 0.25) is 17.7 Å². The van der Waals surface area contributed by atoms with Gasteiger partial charge in [0.1, 0.15) is 11.8 Å². The molecule has 1 atom stereocenters. The Bertz CT molecular complexity index is 629. The summed E-state index contributed by atoms with van der Waals surface area (Å²) in [7, 11) is 1.52. The molecule has 25 heavy (non-hydrogen) atoms. The second-order valence-electron chi connectivity index (χ2n) is 6.09. The third kappa shape index (κ3) is 6.45. The summed E-state index contributed by atoms with van der Waals surface area (Å²) in [4.78, 5) is 35.8. The smallest absolute Gasteiger partial charge is 0.247 e. The molecular formula is C18H27N3O4. The molecule has 0 heterocycles. The molecule has 1 rings (SSSR count). The van der Waals surface area contributed by atoms with Crippen LogP contribution in [0.15, 0.2) is 18.2 Å². The largest absolute Gasteiger partial charge is 0.497 e. The van der Waals surface area contributed by atoms with Crippen LogP contribution in [0.2, 0.25) is 0 Å². The van der Waals surface area contributed by atoms with Gasteiger partial charge in [-0.05, 0) is 18.6 Å². The Morgan fingerprint density at radius 1 is 1.08 bits per heavy atom. The topological polar surface area (TPSA) is 96.5 Å². The predicted molar refractivity (Wildman–Crippen MR) is 97.6 cm³/mol. The lowest BCUT2D eigenvalue weighted by molar-refractivity contribution is -0.125. The highest BCUT2D eigenvalue weighted by Crippen LogP contribution is 2.28. The van der Waals surface area contributed by atoms with Gasteiger partial charge in [0, 0.05) is 18.9 Å². The maximum atomic E-state index is 12.5. The number of hydrogen-bond donors (Lipinski definition) is 3. The van der Waals surface area contributed by atoms with E-state index in [0.29, 0.717) is 23.5 Å². The molecule has 1 aromatic rings. The Kier molecular flexibility index (Phi) is 7.91. The quantitative estimate of drug-likeness (QED) is 0.672. The average molecular weight is 349 g/mol. The van der Waals surface area contributed by atoms with E-state index >= 15 is 0 Å². The molecule has 3 N–H and O–H groups in total. The molecule has 138 valence electrons. The van der Waals surface area contributed by atoms with Gasteiger partial charge in [-0.3, -0.25) is 14.4 Å². The van der Waals surface area contributed by atoms with Crippen LogP contribution in [0.5, 0.6) is 5.75 Å². The lowest BCUT2D eigenvalue weighted by atomic mass is 10.1. The second kappa shape index (κ2) is 9.66. The van der Waals surface area contributed by atoms with Crippen molar-refractivity contribution in [2.75, 3.05) is 17.7 Å². The van der Waals surface area contributed by atoms with Crippen molar-refractivity contribution in [1.29, 1.82) is 0 Å². The number of anilines is 2. The summed E-state index contributed by atoms with van der Waals surface area (Å²) in [5.74, 6) is -0.416. The monoisotopic (exact) mass is 349 g/mol. The highest BCUT2D eigenvalue weighted by atomic mass is 16.5. The van der Waals surface area contributed by atoms with Gasteiger partial charge in [0.15, 0.2) is 0 Å². The van der Waals surface area contributed by atoms with Gasteiger partial charge >= 0.3 is 0 Å². The van der Waals surface area contributed by atoms with E-state index in [4.69, 9.17) is 4.74 Å². The average Bonchev–Trinajstić information content (AvgIpc) is 2.55. The number of rotatable bonds is 8. The van der Waals surface area contributed by atoms with Crippen molar-refractivity contribution in [2.45, 2.75) is 46.6 Å². The zero-order valence-corrected chi connectivity index (χ0v) is 15.4. The van der Waals surface area contributed by atoms with E-state index in [1.807, 2.05) is 6.92 Å². The molecule has 0 saturated heterocycles. The molecule has 3 amide bonds. The van der Waals surface area contributed by atoms with E-state index in [0.717, 1.165) is 6.42 Å². The van der Waals surface area contributed by atoms with Crippen molar-refractivity contribution in [3.8, 4) is 5.75 Å². The standard InChI is InChI=1S/C18H27N3O4/c1-6-7-15(19-12(4)22)18(24)20-14-9-8-13(25-5)10-16(14)21-17(23)11(2)3/h8-11,15H,6-7H2,1-5H3,(H,19,22)(H,20,24)(H,21,23). The van der Waals surface area contributed by atoms with Crippen molar-refractivity contribution in [3.63, 3.8) is 0 Å². The Hall–Kier alpha value is -2.57. The molecule has 1 unspecified atom stereocenters. The van der Waals surface area contributed by atoms with Crippen molar-refractivity contribution >= 4 is 29.1 Å². The molecule has 1 aromatic carbocycles. The summed E-state index contributed by atoms with van der Waals surface area (Å²) in [5, 5.41) is 8.19. The van der Waals surface area contributed by atoms with Gasteiger partial charge in [0.25, 0.3) is 0 Å². The third-order valence-corrected chi connectivity index (χ3v) is 3.54. The summed E-state index contributed by atoms with van der Waals surface area (Å²) < 4.78 is 5.17. The van der Waals surface area contributed by atoms with Gasteiger partial charge < -0.3 is 20.7 Å². The molecule has 0 saturated carbocycles. The first-order valence-electron chi connectivity index (χ1n) is 8.35. The first-order chi connectivity index (χ1) is 11.8. The van der Waals surface area contributed by atoms with Gasteiger partial charge in [-0.25, -0.2) is 0 Å². The summed E-state index contributed by atoms with van der Waals surface area (Å²) in [5.41, 5.74) is 0.899. The molecule has 7 nitrogen and oxygen atoms in total. The minimum Gasteiger partial charge on any atom is -0.497 e.